The minimum Gasteiger partial charge on any atom is -0.457 e. The lowest BCUT2D eigenvalue weighted by atomic mass is 10.2. The summed E-state index contributed by atoms with van der Waals surface area (Å²) in [7, 11) is 0. The number of ether oxygens (including phenoxy) is 1. The van der Waals surface area contributed by atoms with E-state index < -0.39 is 0 Å². The molecular formula is C18H17N3O2. The van der Waals surface area contributed by atoms with Crippen molar-refractivity contribution in [2.75, 3.05) is 0 Å². The van der Waals surface area contributed by atoms with Crippen LogP contribution in [-0.4, -0.2) is 21.3 Å². The third kappa shape index (κ3) is 3.29. The molecule has 3 aromatic rings. The van der Waals surface area contributed by atoms with Crippen molar-refractivity contribution in [1.29, 1.82) is 0 Å². The molecule has 0 saturated carbocycles. The second-order valence-electron chi connectivity index (χ2n) is 5.11. The molecule has 0 aliphatic heterocycles. The Hall–Kier alpha value is -2.95. The van der Waals surface area contributed by atoms with Crippen molar-refractivity contribution in [3.05, 3.63) is 66.0 Å². The van der Waals surface area contributed by atoms with Gasteiger partial charge in [0.05, 0.1) is 11.4 Å². The van der Waals surface area contributed by atoms with Crippen LogP contribution in [0.3, 0.4) is 0 Å². The molecule has 0 atom stereocenters. The summed E-state index contributed by atoms with van der Waals surface area (Å²) in [5.74, 6) is 1.53. The lowest BCUT2D eigenvalue weighted by Crippen LogP contribution is -2.03. The van der Waals surface area contributed by atoms with Crippen LogP contribution in [-0.2, 0) is 6.42 Å². The zero-order chi connectivity index (χ0) is 16.1. The van der Waals surface area contributed by atoms with Gasteiger partial charge in [-0.1, -0.05) is 36.8 Å². The first-order chi connectivity index (χ1) is 11.3. The fraction of sp³-hybridized carbons (Fsp3) is 0.167. The zero-order valence-corrected chi connectivity index (χ0v) is 12.8. The highest BCUT2D eigenvalue weighted by atomic mass is 16.5. The number of hydrogen-bond donors (Lipinski definition) is 0. The quantitative estimate of drug-likeness (QED) is 0.650. The minimum absolute atomic E-state index is 0.400. The molecule has 116 valence electrons. The molecule has 5 nitrogen and oxygen atoms in total. The highest BCUT2D eigenvalue weighted by Crippen LogP contribution is 2.23. The van der Waals surface area contributed by atoms with Gasteiger partial charge in [-0.15, -0.1) is 5.10 Å². The highest BCUT2D eigenvalue weighted by Gasteiger charge is 2.12. The molecule has 1 aromatic heterocycles. The minimum atomic E-state index is 0.400. The van der Waals surface area contributed by atoms with Gasteiger partial charge in [0.2, 0.25) is 0 Å². The van der Waals surface area contributed by atoms with Gasteiger partial charge in [0.25, 0.3) is 0 Å². The summed E-state index contributed by atoms with van der Waals surface area (Å²) >= 11 is 0. The average Bonchev–Trinajstić information content (AvgIpc) is 3.00. The third-order valence-electron chi connectivity index (χ3n) is 3.45. The maximum Gasteiger partial charge on any atom is 0.172 e. The van der Waals surface area contributed by atoms with Gasteiger partial charge in [-0.25, -0.2) is 4.68 Å². The molecule has 0 saturated heterocycles. The molecule has 0 unspecified atom stereocenters. The fourth-order valence-corrected chi connectivity index (χ4v) is 2.36. The van der Waals surface area contributed by atoms with Crippen LogP contribution >= 0.6 is 0 Å². The fourth-order valence-electron chi connectivity index (χ4n) is 2.36. The normalized spacial score (nSPS) is 10.5. The number of carbonyl (C=O) groups is 1. The molecule has 0 radical (unpaired) electrons. The van der Waals surface area contributed by atoms with Crippen molar-refractivity contribution < 1.29 is 9.53 Å². The van der Waals surface area contributed by atoms with E-state index in [0.29, 0.717) is 5.69 Å². The van der Waals surface area contributed by atoms with E-state index in [1.54, 1.807) is 4.68 Å². The number of rotatable bonds is 6. The Balaban J connectivity index is 1.85. The first kappa shape index (κ1) is 15.0. The molecule has 5 heteroatoms. The van der Waals surface area contributed by atoms with E-state index in [2.05, 4.69) is 17.2 Å². The monoisotopic (exact) mass is 307 g/mol. The first-order valence-electron chi connectivity index (χ1n) is 7.55. The Kier molecular flexibility index (Phi) is 4.47. The predicted molar refractivity (Wildman–Crippen MR) is 87.3 cm³/mol. The van der Waals surface area contributed by atoms with Gasteiger partial charge in [0.1, 0.15) is 17.2 Å². The number of hydrogen-bond acceptors (Lipinski definition) is 4. The number of benzene rings is 2. The van der Waals surface area contributed by atoms with Crippen molar-refractivity contribution in [3.63, 3.8) is 0 Å². The van der Waals surface area contributed by atoms with Gasteiger partial charge in [-0.2, -0.15) is 0 Å². The van der Waals surface area contributed by atoms with E-state index in [1.807, 2.05) is 54.6 Å². The predicted octanol–water partition coefficient (Wildman–Crippen LogP) is 3.82. The van der Waals surface area contributed by atoms with Crippen LogP contribution in [0.1, 0.15) is 29.5 Å². The Morgan fingerprint density at radius 1 is 1.04 bits per heavy atom. The summed E-state index contributed by atoms with van der Waals surface area (Å²) in [4.78, 5) is 11.1. The SMILES string of the molecule is CCCc1c(C=O)nnn1-c1ccc(Oc2ccccc2)cc1. The topological polar surface area (TPSA) is 57.0 Å². The molecule has 0 bridgehead atoms. The largest absolute Gasteiger partial charge is 0.457 e. The molecule has 0 aliphatic carbocycles. The number of aromatic nitrogens is 3. The van der Waals surface area contributed by atoms with E-state index in [1.165, 1.54) is 0 Å². The van der Waals surface area contributed by atoms with Gasteiger partial charge in [-0.05, 0) is 42.8 Å². The van der Waals surface area contributed by atoms with E-state index in [4.69, 9.17) is 4.74 Å². The van der Waals surface area contributed by atoms with Crippen molar-refractivity contribution >= 4 is 6.29 Å². The lowest BCUT2D eigenvalue weighted by molar-refractivity contribution is 0.111. The molecule has 0 spiro atoms. The summed E-state index contributed by atoms with van der Waals surface area (Å²) in [5, 5.41) is 8.02. The van der Waals surface area contributed by atoms with Gasteiger partial charge in [-0.3, -0.25) is 4.79 Å². The first-order valence-corrected chi connectivity index (χ1v) is 7.55. The van der Waals surface area contributed by atoms with Crippen LogP contribution in [0.5, 0.6) is 11.5 Å². The van der Waals surface area contributed by atoms with Crippen molar-refractivity contribution in [1.82, 2.24) is 15.0 Å². The lowest BCUT2D eigenvalue weighted by Gasteiger charge is -2.08. The van der Waals surface area contributed by atoms with Gasteiger partial charge < -0.3 is 4.74 Å². The molecule has 0 fully saturated rings. The maximum atomic E-state index is 11.1. The van der Waals surface area contributed by atoms with Crippen LogP contribution in [0.15, 0.2) is 54.6 Å². The maximum absolute atomic E-state index is 11.1. The summed E-state index contributed by atoms with van der Waals surface area (Å²) < 4.78 is 7.48. The summed E-state index contributed by atoms with van der Waals surface area (Å²) in [5.41, 5.74) is 2.09. The molecule has 1 heterocycles. The Morgan fingerprint density at radius 2 is 1.74 bits per heavy atom. The van der Waals surface area contributed by atoms with Gasteiger partial charge in [0, 0.05) is 0 Å². The number of nitrogens with zero attached hydrogens (tertiary/aromatic N) is 3. The van der Waals surface area contributed by atoms with E-state index in [-0.39, 0.29) is 0 Å². The second kappa shape index (κ2) is 6.87. The van der Waals surface area contributed by atoms with E-state index in [0.717, 1.165) is 42.0 Å². The zero-order valence-electron chi connectivity index (χ0n) is 12.8. The number of para-hydroxylation sites is 1. The molecule has 0 aliphatic rings. The summed E-state index contributed by atoms with van der Waals surface area (Å²) in [6, 6.07) is 17.2. The standard InChI is InChI=1S/C18H17N3O2/c1-2-6-18-17(13-22)19-20-21(18)14-9-11-16(12-10-14)23-15-7-4-3-5-8-15/h3-5,7-13H,2,6H2,1H3. The van der Waals surface area contributed by atoms with E-state index in [9.17, 15) is 4.79 Å². The summed E-state index contributed by atoms with van der Waals surface area (Å²) in [6.45, 7) is 2.06. The van der Waals surface area contributed by atoms with Gasteiger partial charge >= 0.3 is 0 Å². The second-order valence-corrected chi connectivity index (χ2v) is 5.11. The van der Waals surface area contributed by atoms with E-state index >= 15 is 0 Å². The van der Waals surface area contributed by atoms with Crippen molar-refractivity contribution in [2.24, 2.45) is 0 Å². The molecule has 23 heavy (non-hydrogen) atoms. The van der Waals surface area contributed by atoms with Crippen molar-refractivity contribution in [3.8, 4) is 17.2 Å². The summed E-state index contributed by atoms with van der Waals surface area (Å²) in [6.07, 6.45) is 2.42. The number of carbonyl (C=O) groups excluding carboxylic acids is 1. The van der Waals surface area contributed by atoms with Crippen molar-refractivity contribution in [2.45, 2.75) is 19.8 Å². The molecule has 2 aromatic carbocycles. The van der Waals surface area contributed by atoms with Crippen LogP contribution in [0, 0.1) is 0 Å². The molecule has 0 N–H and O–H groups in total. The molecule has 0 amide bonds. The van der Waals surface area contributed by atoms with Crippen LogP contribution in [0.25, 0.3) is 5.69 Å². The Bertz CT molecular complexity index is 780. The van der Waals surface area contributed by atoms with Crippen LogP contribution < -0.4 is 4.74 Å². The van der Waals surface area contributed by atoms with Crippen LogP contribution in [0.4, 0.5) is 0 Å². The third-order valence-corrected chi connectivity index (χ3v) is 3.45. The Labute approximate surface area is 134 Å². The molecule has 3 rings (SSSR count). The number of aldehydes is 1. The highest BCUT2D eigenvalue weighted by molar-refractivity contribution is 5.73. The molecular weight excluding hydrogens is 290 g/mol. The Morgan fingerprint density at radius 3 is 2.39 bits per heavy atom. The van der Waals surface area contributed by atoms with Crippen LogP contribution in [0.2, 0.25) is 0 Å². The smallest absolute Gasteiger partial charge is 0.172 e. The average molecular weight is 307 g/mol. The van der Waals surface area contributed by atoms with Gasteiger partial charge in [0.15, 0.2) is 6.29 Å².